The molecule has 1 aromatic heterocycles. The van der Waals surface area contributed by atoms with Crippen LogP contribution in [0, 0.1) is 0 Å². The van der Waals surface area contributed by atoms with Gasteiger partial charge >= 0.3 is 0 Å². The molecule has 7 nitrogen and oxygen atoms in total. The lowest BCUT2D eigenvalue weighted by Crippen LogP contribution is -2.24. The second-order valence-electron chi connectivity index (χ2n) is 5.88. The van der Waals surface area contributed by atoms with Gasteiger partial charge in [0, 0.05) is 23.8 Å². The Labute approximate surface area is 157 Å². The molecule has 2 N–H and O–H groups in total. The predicted molar refractivity (Wildman–Crippen MR) is 103 cm³/mol. The van der Waals surface area contributed by atoms with E-state index in [1.54, 1.807) is 66.5 Å². The Morgan fingerprint density at radius 2 is 1.78 bits per heavy atom. The molecule has 1 atom stereocenters. The number of hydrogen-bond donors (Lipinski definition) is 2. The van der Waals surface area contributed by atoms with Gasteiger partial charge in [-0.25, -0.2) is 0 Å². The highest BCUT2D eigenvalue weighted by Crippen LogP contribution is 2.17. The molecule has 2 aromatic carbocycles. The van der Waals surface area contributed by atoms with E-state index in [1.165, 1.54) is 0 Å². The number of carbonyl (C=O) groups is 2. The average Bonchev–Trinajstić information content (AvgIpc) is 3.21. The van der Waals surface area contributed by atoms with Crippen LogP contribution >= 0.6 is 0 Å². The zero-order valence-electron chi connectivity index (χ0n) is 14.8. The minimum atomic E-state index is -0.447. The van der Waals surface area contributed by atoms with Gasteiger partial charge in [0.1, 0.15) is 11.8 Å². The summed E-state index contributed by atoms with van der Waals surface area (Å²) in [5, 5.41) is 9.64. The van der Waals surface area contributed by atoms with E-state index in [0.717, 1.165) is 0 Å². The molecule has 0 saturated heterocycles. The van der Waals surface area contributed by atoms with Crippen molar-refractivity contribution in [1.82, 2.24) is 9.78 Å². The number of para-hydroxylation sites is 1. The lowest BCUT2D eigenvalue weighted by atomic mass is 10.2. The van der Waals surface area contributed by atoms with Crippen molar-refractivity contribution in [2.75, 3.05) is 17.2 Å². The number of rotatable bonds is 7. The molecule has 0 unspecified atom stereocenters. The SMILES string of the molecule is C[C@H](C(=O)Nc1cccc(NC(=O)COc2ccccc2)c1)n1cccn1. The highest BCUT2D eigenvalue weighted by molar-refractivity contribution is 5.95. The van der Waals surface area contributed by atoms with E-state index in [1.807, 2.05) is 18.2 Å². The molecule has 0 saturated carbocycles. The summed E-state index contributed by atoms with van der Waals surface area (Å²) in [5.41, 5.74) is 1.15. The Hall–Kier alpha value is -3.61. The molecule has 0 spiro atoms. The molecule has 2 amide bonds. The Bertz CT molecular complexity index is 895. The third-order valence-corrected chi connectivity index (χ3v) is 3.83. The van der Waals surface area contributed by atoms with Gasteiger partial charge in [-0.1, -0.05) is 24.3 Å². The molecule has 0 aliphatic carbocycles. The monoisotopic (exact) mass is 364 g/mol. The summed E-state index contributed by atoms with van der Waals surface area (Å²) < 4.78 is 6.99. The molecule has 3 aromatic rings. The highest BCUT2D eigenvalue weighted by atomic mass is 16.5. The van der Waals surface area contributed by atoms with Gasteiger partial charge in [-0.05, 0) is 43.3 Å². The third-order valence-electron chi connectivity index (χ3n) is 3.83. The minimum Gasteiger partial charge on any atom is -0.484 e. The first kappa shape index (κ1) is 18.2. The van der Waals surface area contributed by atoms with Crippen LogP contribution in [0.3, 0.4) is 0 Å². The van der Waals surface area contributed by atoms with E-state index in [4.69, 9.17) is 4.74 Å². The summed E-state index contributed by atoms with van der Waals surface area (Å²) in [5.74, 6) is 0.142. The van der Waals surface area contributed by atoms with Gasteiger partial charge in [0.15, 0.2) is 6.61 Å². The zero-order chi connectivity index (χ0) is 19.1. The first-order valence-corrected chi connectivity index (χ1v) is 8.49. The van der Waals surface area contributed by atoms with Crippen molar-refractivity contribution in [3.63, 3.8) is 0 Å². The first-order valence-electron chi connectivity index (χ1n) is 8.49. The maximum atomic E-state index is 12.3. The lowest BCUT2D eigenvalue weighted by molar-refractivity contribution is -0.119. The molecule has 0 radical (unpaired) electrons. The first-order chi connectivity index (χ1) is 13.1. The fourth-order valence-electron chi connectivity index (χ4n) is 2.41. The largest absolute Gasteiger partial charge is 0.484 e. The standard InChI is InChI=1S/C20H20N4O3/c1-15(24-12-6-11-21-24)20(26)23-17-8-5-7-16(13-17)22-19(25)14-27-18-9-3-2-4-10-18/h2-13,15H,14H2,1H3,(H,22,25)(H,23,26)/t15-/m1/s1. The average molecular weight is 364 g/mol. The van der Waals surface area contributed by atoms with E-state index in [2.05, 4.69) is 15.7 Å². The van der Waals surface area contributed by atoms with Crippen molar-refractivity contribution in [2.45, 2.75) is 13.0 Å². The molecule has 1 heterocycles. The van der Waals surface area contributed by atoms with E-state index in [0.29, 0.717) is 17.1 Å². The summed E-state index contributed by atoms with van der Waals surface area (Å²) in [4.78, 5) is 24.4. The normalized spacial score (nSPS) is 11.4. The second kappa shape index (κ2) is 8.66. The van der Waals surface area contributed by atoms with Crippen LogP contribution in [0.4, 0.5) is 11.4 Å². The van der Waals surface area contributed by atoms with E-state index in [-0.39, 0.29) is 18.4 Å². The Balaban J connectivity index is 1.55. The third kappa shape index (κ3) is 5.18. The van der Waals surface area contributed by atoms with Gasteiger partial charge in [0.2, 0.25) is 5.91 Å². The predicted octanol–water partition coefficient (Wildman–Crippen LogP) is 3.10. The van der Waals surface area contributed by atoms with Crippen LogP contribution in [0.25, 0.3) is 0 Å². The molecule has 0 aliphatic rings. The summed E-state index contributed by atoms with van der Waals surface area (Å²) in [6.07, 6.45) is 3.35. The summed E-state index contributed by atoms with van der Waals surface area (Å²) in [6, 6.07) is 17.4. The van der Waals surface area contributed by atoms with E-state index in [9.17, 15) is 9.59 Å². The number of nitrogens with one attached hydrogen (secondary N) is 2. The molecular formula is C20H20N4O3. The maximum Gasteiger partial charge on any atom is 0.262 e. The lowest BCUT2D eigenvalue weighted by Gasteiger charge is -2.13. The number of ether oxygens (including phenoxy) is 1. The Morgan fingerprint density at radius 3 is 2.48 bits per heavy atom. The van der Waals surface area contributed by atoms with Crippen LogP contribution in [-0.4, -0.2) is 28.2 Å². The molecule has 0 aliphatic heterocycles. The molecule has 0 fully saturated rings. The van der Waals surface area contributed by atoms with Crippen molar-refractivity contribution in [2.24, 2.45) is 0 Å². The Kier molecular flexibility index (Phi) is 5.84. The van der Waals surface area contributed by atoms with Gasteiger partial charge in [-0.3, -0.25) is 14.3 Å². The van der Waals surface area contributed by atoms with Crippen LogP contribution in [0.5, 0.6) is 5.75 Å². The quantitative estimate of drug-likeness (QED) is 0.675. The number of anilines is 2. The topological polar surface area (TPSA) is 85.3 Å². The molecule has 7 heteroatoms. The van der Waals surface area contributed by atoms with Crippen molar-refractivity contribution in [3.8, 4) is 5.75 Å². The molecule has 138 valence electrons. The fourth-order valence-corrected chi connectivity index (χ4v) is 2.41. The van der Waals surface area contributed by atoms with E-state index >= 15 is 0 Å². The van der Waals surface area contributed by atoms with Crippen LogP contribution in [0.1, 0.15) is 13.0 Å². The number of benzene rings is 2. The van der Waals surface area contributed by atoms with Gasteiger partial charge in [0.05, 0.1) is 0 Å². The fraction of sp³-hybridized carbons (Fsp3) is 0.150. The highest BCUT2D eigenvalue weighted by Gasteiger charge is 2.15. The minimum absolute atomic E-state index is 0.100. The van der Waals surface area contributed by atoms with Crippen molar-refractivity contribution >= 4 is 23.2 Å². The van der Waals surface area contributed by atoms with E-state index < -0.39 is 6.04 Å². The van der Waals surface area contributed by atoms with Crippen LogP contribution in [0.15, 0.2) is 73.1 Å². The van der Waals surface area contributed by atoms with Crippen molar-refractivity contribution in [3.05, 3.63) is 73.1 Å². The van der Waals surface area contributed by atoms with Crippen molar-refractivity contribution in [1.29, 1.82) is 0 Å². The van der Waals surface area contributed by atoms with Crippen LogP contribution in [-0.2, 0) is 9.59 Å². The summed E-state index contributed by atoms with van der Waals surface area (Å²) in [6.45, 7) is 1.66. The number of nitrogens with zero attached hydrogens (tertiary/aromatic N) is 2. The van der Waals surface area contributed by atoms with Gasteiger partial charge < -0.3 is 15.4 Å². The van der Waals surface area contributed by atoms with Gasteiger partial charge in [-0.2, -0.15) is 5.10 Å². The van der Waals surface area contributed by atoms with Crippen molar-refractivity contribution < 1.29 is 14.3 Å². The van der Waals surface area contributed by atoms with Crippen LogP contribution < -0.4 is 15.4 Å². The number of hydrogen-bond acceptors (Lipinski definition) is 4. The number of aromatic nitrogens is 2. The van der Waals surface area contributed by atoms with Gasteiger partial charge in [0.25, 0.3) is 5.91 Å². The Morgan fingerprint density at radius 1 is 1.04 bits per heavy atom. The summed E-state index contributed by atoms with van der Waals surface area (Å²) >= 11 is 0. The molecule has 3 rings (SSSR count). The summed E-state index contributed by atoms with van der Waals surface area (Å²) in [7, 11) is 0. The molecule has 27 heavy (non-hydrogen) atoms. The smallest absolute Gasteiger partial charge is 0.262 e. The number of carbonyl (C=O) groups excluding carboxylic acids is 2. The number of amides is 2. The molecule has 0 bridgehead atoms. The molecular weight excluding hydrogens is 344 g/mol. The zero-order valence-corrected chi connectivity index (χ0v) is 14.8. The second-order valence-corrected chi connectivity index (χ2v) is 5.88. The van der Waals surface area contributed by atoms with Crippen LogP contribution in [0.2, 0.25) is 0 Å². The van der Waals surface area contributed by atoms with Gasteiger partial charge in [-0.15, -0.1) is 0 Å². The maximum absolute atomic E-state index is 12.3.